The summed E-state index contributed by atoms with van der Waals surface area (Å²) in [4.78, 5) is 33.6. The van der Waals surface area contributed by atoms with E-state index in [1.165, 1.54) is 14.0 Å². The highest BCUT2D eigenvalue weighted by Crippen LogP contribution is 2.15. The summed E-state index contributed by atoms with van der Waals surface area (Å²) in [6.45, 7) is 1.17. The Morgan fingerprint density at radius 1 is 1.22 bits per heavy atom. The fourth-order valence-electron chi connectivity index (χ4n) is 1.28. The van der Waals surface area contributed by atoms with Crippen LogP contribution in [0, 0.1) is 0 Å². The molecule has 0 saturated heterocycles. The van der Waals surface area contributed by atoms with Crippen LogP contribution in [-0.4, -0.2) is 31.4 Å². The van der Waals surface area contributed by atoms with E-state index in [0.717, 1.165) is 0 Å². The first-order valence-corrected chi connectivity index (χ1v) is 5.26. The summed E-state index contributed by atoms with van der Waals surface area (Å²) in [5.41, 5.74) is 0.607. The van der Waals surface area contributed by atoms with Crippen LogP contribution in [0.4, 0.5) is 5.69 Å². The molecule has 0 bridgehead atoms. The average molecular weight is 250 g/mol. The number of anilines is 1. The summed E-state index contributed by atoms with van der Waals surface area (Å²) in [5, 5.41) is 4.89. The molecule has 0 atom stereocenters. The van der Waals surface area contributed by atoms with E-state index in [-0.39, 0.29) is 18.0 Å². The van der Waals surface area contributed by atoms with Crippen molar-refractivity contribution in [1.82, 2.24) is 5.32 Å². The Labute approximate surface area is 104 Å². The summed E-state index contributed by atoms with van der Waals surface area (Å²) in [5.74, 6) is -1.25. The van der Waals surface area contributed by atoms with E-state index in [4.69, 9.17) is 0 Å². The van der Waals surface area contributed by atoms with Crippen LogP contribution >= 0.6 is 0 Å². The average Bonchev–Trinajstić information content (AvgIpc) is 2.36. The third-order valence-corrected chi connectivity index (χ3v) is 2.10. The van der Waals surface area contributed by atoms with Gasteiger partial charge in [-0.3, -0.25) is 9.59 Å². The van der Waals surface area contributed by atoms with Gasteiger partial charge in [0.1, 0.15) is 0 Å². The number of amides is 2. The van der Waals surface area contributed by atoms with Gasteiger partial charge in [0.25, 0.3) is 0 Å². The summed E-state index contributed by atoms with van der Waals surface area (Å²) in [6.07, 6.45) is 0. The normalized spacial score (nSPS) is 9.44. The van der Waals surface area contributed by atoms with Gasteiger partial charge >= 0.3 is 5.97 Å². The molecule has 0 saturated carbocycles. The molecule has 2 N–H and O–H groups in total. The zero-order chi connectivity index (χ0) is 13.5. The van der Waals surface area contributed by atoms with E-state index in [1.54, 1.807) is 24.3 Å². The van der Waals surface area contributed by atoms with Gasteiger partial charge in [-0.05, 0) is 12.1 Å². The predicted molar refractivity (Wildman–Crippen MR) is 65.1 cm³/mol. The van der Waals surface area contributed by atoms with Gasteiger partial charge in [-0.2, -0.15) is 0 Å². The quantitative estimate of drug-likeness (QED) is 0.764. The monoisotopic (exact) mass is 250 g/mol. The van der Waals surface area contributed by atoms with Crippen molar-refractivity contribution in [1.29, 1.82) is 0 Å². The smallest absolute Gasteiger partial charge is 0.339 e. The van der Waals surface area contributed by atoms with E-state index < -0.39 is 11.9 Å². The van der Waals surface area contributed by atoms with Crippen LogP contribution in [0.25, 0.3) is 0 Å². The van der Waals surface area contributed by atoms with Crippen molar-refractivity contribution in [3.8, 4) is 0 Å². The van der Waals surface area contributed by atoms with E-state index in [1.807, 2.05) is 0 Å². The standard InChI is InChI=1S/C12H14N2O4/c1-8(15)13-7-11(16)14-10-6-4-3-5-9(10)12(17)18-2/h3-6H,7H2,1-2H3,(H,13,15)(H,14,16). The maximum absolute atomic E-state index is 11.5. The molecule has 0 heterocycles. The van der Waals surface area contributed by atoms with E-state index >= 15 is 0 Å². The molecule has 6 heteroatoms. The number of carbonyl (C=O) groups is 3. The first-order valence-electron chi connectivity index (χ1n) is 5.26. The SMILES string of the molecule is COC(=O)c1ccccc1NC(=O)CNC(C)=O. The van der Waals surface area contributed by atoms with Crippen molar-refractivity contribution < 1.29 is 19.1 Å². The fourth-order valence-corrected chi connectivity index (χ4v) is 1.28. The number of benzene rings is 1. The first-order chi connectivity index (χ1) is 8.54. The van der Waals surface area contributed by atoms with Gasteiger partial charge in [0.2, 0.25) is 11.8 Å². The molecule has 1 aromatic carbocycles. The highest BCUT2D eigenvalue weighted by Gasteiger charge is 2.12. The lowest BCUT2D eigenvalue weighted by Gasteiger charge is -2.09. The lowest BCUT2D eigenvalue weighted by Crippen LogP contribution is -2.31. The molecular weight excluding hydrogens is 236 g/mol. The maximum Gasteiger partial charge on any atom is 0.339 e. The van der Waals surface area contributed by atoms with Crippen LogP contribution in [0.2, 0.25) is 0 Å². The maximum atomic E-state index is 11.5. The lowest BCUT2D eigenvalue weighted by atomic mass is 10.2. The van der Waals surface area contributed by atoms with E-state index in [9.17, 15) is 14.4 Å². The van der Waals surface area contributed by atoms with Crippen LogP contribution in [0.1, 0.15) is 17.3 Å². The molecule has 0 radical (unpaired) electrons. The minimum absolute atomic E-state index is 0.148. The van der Waals surface area contributed by atoms with Gasteiger partial charge in [-0.1, -0.05) is 12.1 Å². The number of hydrogen-bond donors (Lipinski definition) is 2. The third-order valence-electron chi connectivity index (χ3n) is 2.10. The van der Waals surface area contributed by atoms with Crippen molar-refractivity contribution in [2.24, 2.45) is 0 Å². The molecule has 0 aliphatic rings. The Hall–Kier alpha value is -2.37. The third kappa shape index (κ3) is 3.89. The van der Waals surface area contributed by atoms with Crippen molar-refractivity contribution in [2.75, 3.05) is 19.0 Å². The number of para-hydroxylation sites is 1. The highest BCUT2D eigenvalue weighted by molar-refractivity contribution is 6.02. The zero-order valence-electron chi connectivity index (χ0n) is 10.1. The largest absolute Gasteiger partial charge is 0.465 e. The van der Waals surface area contributed by atoms with Crippen LogP contribution < -0.4 is 10.6 Å². The minimum atomic E-state index is -0.537. The van der Waals surface area contributed by atoms with Crippen molar-refractivity contribution in [3.63, 3.8) is 0 Å². The molecule has 0 spiro atoms. The van der Waals surface area contributed by atoms with Gasteiger partial charge in [-0.25, -0.2) is 4.79 Å². The van der Waals surface area contributed by atoms with Crippen LogP contribution in [0.5, 0.6) is 0 Å². The number of carbonyl (C=O) groups excluding carboxylic acids is 3. The molecule has 96 valence electrons. The molecule has 1 aromatic rings. The van der Waals surface area contributed by atoms with Crippen LogP contribution in [-0.2, 0) is 14.3 Å². The number of ether oxygens (including phenoxy) is 1. The molecule has 0 aliphatic carbocycles. The molecule has 2 amide bonds. The molecule has 0 aromatic heterocycles. The topological polar surface area (TPSA) is 84.5 Å². The van der Waals surface area contributed by atoms with Crippen LogP contribution in [0.3, 0.4) is 0 Å². The second kappa shape index (κ2) is 6.39. The molecule has 0 aliphatic heterocycles. The first kappa shape index (κ1) is 13.7. The molecule has 6 nitrogen and oxygen atoms in total. The molecule has 0 fully saturated rings. The second-order valence-electron chi connectivity index (χ2n) is 3.50. The van der Waals surface area contributed by atoms with Crippen molar-refractivity contribution in [2.45, 2.75) is 6.92 Å². The number of rotatable bonds is 4. The Balaban J connectivity index is 2.75. The highest BCUT2D eigenvalue weighted by atomic mass is 16.5. The Morgan fingerprint density at radius 2 is 1.89 bits per heavy atom. The zero-order valence-corrected chi connectivity index (χ0v) is 10.1. The Morgan fingerprint density at radius 3 is 2.50 bits per heavy atom. The van der Waals surface area contributed by atoms with Crippen molar-refractivity contribution in [3.05, 3.63) is 29.8 Å². The molecular formula is C12H14N2O4. The lowest BCUT2D eigenvalue weighted by molar-refractivity contribution is -0.122. The van der Waals surface area contributed by atoms with Gasteiger partial charge in [0.05, 0.1) is 24.9 Å². The van der Waals surface area contributed by atoms with Gasteiger partial charge in [0, 0.05) is 6.92 Å². The number of nitrogens with one attached hydrogen (secondary N) is 2. The molecule has 18 heavy (non-hydrogen) atoms. The fraction of sp³-hybridized carbons (Fsp3) is 0.250. The van der Waals surface area contributed by atoms with Gasteiger partial charge in [0.15, 0.2) is 0 Å². The Bertz CT molecular complexity index is 471. The number of esters is 1. The molecule has 1 rings (SSSR count). The van der Waals surface area contributed by atoms with Crippen molar-refractivity contribution >= 4 is 23.5 Å². The summed E-state index contributed by atoms with van der Waals surface area (Å²) < 4.78 is 4.60. The number of methoxy groups -OCH3 is 1. The number of hydrogen-bond acceptors (Lipinski definition) is 4. The minimum Gasteiger partial charge on any atom is -0.465 e. The summed E-state index contributed by atoms with van der Waals surface area (Å²) in [6, 6.07) is 6.47. The van der Waals surface area contributed by atoms with E-state index in [2.05, 4.69) is 15.4 Å². The predicted octanol–water partition coefficient (Wildman–Crippen LogP) is 0.548. The summed E-state index contributed by atoms with van der Waals surface area (Å²) in [7, 11) is 1.26. The summed E-state index contributed by atoms with van der Waals surface area (Å²) >= 11 is 0. The van der Waals surface area contributed by atoms with Gasteiger partial charge < -0.3 is 15.4 Å². The van der Waals surface area contributed by atoms with Crippen LogP contribution in [0.15, 0.2) is 24.3 Å². The Kier molecular flexibility index (Phi) is 4.86. The van der Waals surface area contributed by atoms with Gasteiger partial charge in [-0.15, -0.1) is 0 Å². The van der Waals surface area contributed by atoms with E-state index in [0.29, 0.717) is 5.69 Å². The second-order valence-corrected chi connectivity index (χ2v) is 3.50. The molecule has 0 unspecified atom stereocenters.